The summed E-state index contributed by atoms with van der Waals surface area (Å²) in [4.78, 5) is 29.5. The first-order valence-corrected chi connectivity index (χ1v) is 10.6. The number of ketones is 1. The topological polar surface area (TPSA) is 83.2 Å². The van der Waals surface area contributed by atoms with Crippen LogP contribution in [0.2, 0.25) is 0 Å². The second-order valence-electron chi connectivity index (χ2n) is 7.90. The maximum atomic E-state index is 13.1. The Bertz CT molecular complexity index is 933. The van der Waals surface area contributed by atoms with Crippen molar-refractivity contribution < 1.29 is 23.8 Å². The number of carbonyl (C=O) groups is 2. The fraction of sp³-hybridized carbons (Fsp3) is 0.417. The minimum Gasteiger partial charge on any atom is -0.503 e. The van der Waals surface area contributed by atoms with Crippen molar-refractivity contribution in [1.29, 1.82) is 0 Å². The van der Waals surface area contributed by atoms with E-state index in [0.717, 1.165) is 19.3 Å². The smallest absolute Gasteiger partial charge is 0.290 e. The zero-order valence-electron chi connectivity index (χ0n) is 18.3. The van der Waals surface area contributed by atoms with Gasteiger partial charge in [0.2, 0.25) is 5.78 Å². The van der Waals surface area contributed by atoms with E-state index in [1.807, 2.05) is 43.3 Å². The Balaban J connectivity index is 1.95. The van der Waals surface area contributed by atoms with E-state index in [1.165, 1.54) is 17.2 Å². The molecule has 0 saturated carbocycles. The van der Waals surface area contributed by atoms with Crippen LogP contribution in [-0.2, 0) is 4.79 Å². The standard InChI is InChI=1S/C24H30N2O5/c1-4-5-6-14-30-18-10-7-9-17(16-18)21-20(22(27)19-11-8-15-31-19)23(28)24(29)26(21)13-12-25(2)3/h7-11,15-16,21,28H,4-6,12-14H2,1-3H3. The molecule has 1 amide bonds. The zero-order chi connectivity index (χ0) is 22.4. The molecular formula is C24H30N2O5. The number of furan rings is 1. The largest absolute Gasteiger partial charge is 0.503 e. The van der Waals surface area contributed by atoms with Crippen molar-refractivity contribution in [2.24, 2.45) is 0 Å². The fourth-order valence-corrected chi connectivity index (χ4v) is 3.63. The van der Waals surface area contributed by atoms with Crippen molar-refractivity contribution >= 4 is 11.7 Å². The summed E-state index contributed by atoms with van der Waals surface area (Å²) >= 11 is 0. The minimum atomic E-state index is -0.718. The molecule has 3 rings (SSSR count). The number of aliphatic hydroxyl groups is 1. The number of likely N-dealkylation sites (N-methyl/N-ethyl adjacent to an activating group) is 1. The number of carbonyl (C=O) groups excluding carboxylic acids is 2. The number of nitrogens with zero attached hydrogens (tertiary/aromatic N) is 2. The van der Waals surface area contributed by atoms with Gasteiger partial charge in [-0.25, -0.2) is 0 Å². The van der Waals surface area contributed by atoms with Crippen molar-refractivity contribution in [2.75, 3.05) is 33.8 Å². The van der Waals surface area contributed by atoms with Crippen molar-refractivity contribution in [1.82, 2.24) is 9.80 Å². The fourth-order valence-electron chi connectivity index (χ4n) is 3.63. The number of benzene rings is 1. The maximum absolute atomic E-state index is 13.1. The van der Waals surface area contributed by atoms with Crippen LogP contribution in [0.5, 0.6) is 5.75 Å². The third kappa shape index (κ3) is 5.17. The number of hydrogen-bond acceptors (Lipinski definition) is 6. The molecule has 2 aromatic rings. The van der Waals surface area contributed by atoms with Gasteiger partial charge in [-0.1, -0.05) is 31.9 Å². The molecule has 166 valence electrons. The molecule has 0 fully saturated rings. The van der Waals surface area contributed by atoms with Crippen LogP contribution in [0.3, 0.4) is 0 Å². The molecule has 0 saturated heterocycles. The predicted molar refractivity (Wildman–Crippen MR) is 117 cm³/mol. The highest BCUT2D eigenvalue weighted by Gasteiger charge is 2.44. The Labute approximate surface area is 182 Å². The van der Waals surface area contributed by atoms with Crippen LogP contribution >= 0.6 is 0 Å². The highest BCUT2D eigenvalue weighted by molar-refractivity contribution is 6.15. The molecule has 31 heavy (non-hydrogen) atoms. The lowest BCUT2D eigenvalue weighted by Gasteiger charge is -2.28. The number of amides is 1. The quantitative estimate of drug-likeness (QED) is 0.432. The maximum Gasteiger partial charge on any atom is 0.290 e. The average molecular weight is 427 g/mol. The van der Waals surface area contributed by atoms with E-state index >= 15 is 0 Å². The van der Waals surface area contributed by atoms with Crippen molar-refractivity contribution in [2.45, 2.75) is 32.2 Å². The summed E-state index contributed by atoms with van der Waals surface area (Å²) < 4.78 is 11.1. The lowest BCUT2D eigenvalue weighted by molar-refractivity contribution is -0.129. The third-order valence-corrected chi connectivity index (χ3v) is 5.27. The summed E-state index contributed by atoms with van der Waals surface area (Å²) in [6, 6.07) is 9.78. The van der Waals surface area contributed by atoms with Crippen LogP contribution in [0.25, 0.3) is 0 Å². The molecule has 0 aliphatic carbocycles. The molecule has 2 heterocycles. The molecular weight excluding hydrogens is 396 g/mol. The average Bonchev–Trinajstić information content (AvgIpc) is 3.37. The number of hydrogen-bond donors (Lipinski definition) is 1. The molecule has 1 N–H and O–H groups in total. The Hall–Kier alpha value is -3.06. The van der Waals surface area contributed by atoms with E-state index in [4.69, 9.17) is 9.15 Å². The van der Waals surface area contributed by atoms with Gasteiger partial charge in [-0.15, -0.1) is 0 Å². The molecule has 0 bridgehead atoms. The van der Waals surface area contributed by atoms with Gasteiger partial charge in [0.15, 0.2) is 11.5 Å². The lowest BCUT2D eigenvalue weighted by atomic mass is 9.95. The molecule has 0 spiro atoms. The first-order chi connectivity index (χ1) is 14.9. The lowest BCUT2D eigenvalue weighted by Crippen LogP contribution is -2.36. The van der Waals surface area contributed by atoms with E-state index in [0.29, 0.717) is 31.0 Å². The van der Waals surface area contributed by atoms with E-state index in [1.54, 1.807) is 6.07 Å². The Kier molecular flexibility index (Phi) is 7.52. The van der Waals surface area contributed by atoms with E-state index in [-0.39, 0.29) is 11.3 Å². The molecule has 1 unspecified atom stereocenters. The van der Waals surface area contributed by atoms with Crippen LogP contribution in [0.4, 0.5) is 0 Å². The van der Waals surface area contributed by atoms with Crippen molar-refractivity contribution in [3.8, 4) is 5.75 Å². The van der Waals surface area contributed by atoms with Crippen LogP contribution in [-0.4, -0.2) is 60.4 Å². The summed E-state index contributed by atoms with van der Waals surface area (Å²) in [5.74, 6) is -0.830. The van der Waals surface area contributed by atoms with Gasteiger partial charge in [0.1, 0.15) is 5.75 Å². The van der Waals surface area contributed by atoms with E-state index < -0.39 is 23.5 Å². The Morgan fingerprint density at radius 1 is 1.23 bits per heavy atom. The Morgan fingerprint density at radius 2 is 2.03 bits per heavy atom. The van der Waals surface area contributed by atoms with Crippen LogP contribution in [0, 0.1) is 0 Å². The second-order valence-corrected chi connectivity index (χ2v) is 7.90. The van der Waals surface area contributed by atoms with Gasteiger partial charge >= 0.3 is 0 Å². The summed E-state index contributed by atoms with van der Waals surface area (Å²) in [7, 11) is 3.81. The van der Waals surface area contributed by atoms with Gasteiger partial charge in [-0.2, -0.15) is 0 Å². The number of unbranched alkanes of at least 4 members (excludes halogenated alkanes) is 2. The van der Waals surface area contributed by atoms with Gasteiger partial charge < -0.3 is 24.1 Å². The van der Waals surface area contributed by atoms with Crippen molar-refractivity contribution in [3.63, 3.8) is 0 Å². The highest BCUT2D eigenvalue weighted by Crippen LogP contribution is 2.39. The molecule has 0 radical (unpaired) electrons. The first-order valence-electron chi connectivity index (χ1n) is 10.6. The summed E-state index contributed by atoms with van der Waals surface area (Å²) in [5.41, 5.74) is 0.737. The van der Waals surface area contributed by atoms with E-state index in [2.05, 4.69) is 6.92 Å². The van der Waals surface area contributed by atoms with Gasteiger partial charge in [0.05, 0.1) is 24.5 Å². The molecule has 1 aromatic carbocycles. The number of aliphatic hydroxyl groups excluding tert-OH is 1. The monoisotopic (exact) mass is 426 g/mol. The SMILES string of the molecule is CCCCCOc1cccc(C2C(C(=O)c3ccco3)=C(O)C(=O)N2CCN(C)C)c1. The molecule has 1 aliphatic heterocycles. The van der Waals surface area contributed by atoms with Crippen LogP contribution in [0.15, 0.2) is 58.4 Å². The number of Topliss-reactive ketones (excluding diaryl/α,β-unsaturated/α-hetero) is 1. The molecule has 7 heteroatoms. The van der Waals surface area contributed by atoms with Gasteiger partial charge in [-0.3, -0.25) is 9.59 Å². The molecule has 7 nitrogen and oxygen atoms in total. The third-order valence-electron chi connectivity index (χ3n) is 5.27. The molecule has 1 aliphatic rings. The summed E-state index contributed by atoms with van der Waals surface area (Å²) in [5, 5.41) is 10.6. The summed E-state index contributed by atoms with van der Waals surface area (Å²) in [6.45, 7) is 3.68. The predicted octanol–water partition coefficient (Wildman–Crippen LogP) is 3.99. The second kappa shape index (κ2) is 10.3. The zero-order valence-corrected chi connectivity index (χ0v) is 18.3. The minimum absolute atomic E-state index is 0.0295. The van der Waals surface area contributed by atoms with Crippen LogP contribution < -0.4 is 4.74 Å². The molecule has 1 aromatic heterocycles. The molecule has 1 atom stereocenters. The number of ether oxygens (including phenoxy) is 1. The van der Waals surface area contributed by atoms with Gasteiger partial charge in [0, 0.05) is 13.1 Å². The van der Waals surface area contributed by atoms with E-state index in [9.17, 15) is 14.7 Å². The van der Waals surface area contributed by atoms with Gasteiger partial charge in [0.25, 0.3) is 5.91 Å². The van der Waals surface area contributed by atoms with Crippen molar-refractivity contribution in [3.05, 3.63) is 65.3 Å². The summed E-state index contributed by atoms with van der Waals surface area (Å²) in [6.07, 6.45) is 4.55. The normalized spacial score (nSPS) is 16.5. The number of rotatable bonds is 11. The van der Waals surface area contributed by atoms with Gasteiger partial charge in [-0.05, 0) is 50.3 Å². The highest BCUT2D eigenvalue weighted by atomic mass is 16.5. The first kappa shape index (κ1) is 22.6. The Morgan fingerprint density at radius 3 is 2.71 bits per heavy atom. The van der Waals surface area contributed by atoms with Crippen LogP contribution in [0.1, 0.15) is 48.3 Å².